The Labute approximate surface area is 156 Å². The van der Waals surface area contributed by atoms with E-state index in [9.17, 15) is 31.5 Å². The monoisotopic (exact) mass is 396 g/mol. The summed E-state index contributed by atoms with van der Waals surface area (Å²) in [5.74, 6) is -9.36. The molecular formula is C19H13F5N2O2. The average Bonchev–Trinajstić information content (AvgIpc) is 2.66. The van der Waals surface area contributed by atoms with E-state index in [0.717, 1.165) is 4.90 Å². The number of benzene rings is 2. The lowest BCUT2D eigenvalue weighted by Crippen LogP contribution is -2.56. The molecule has 2 aromatic rings. The van der Waals surface area contributed by atoms with Crippen LogP contribution in [0.5, 0.6) is 0 Å². The molecule has 0 radical (unpaired) electrons. The molecule has 0 spiro atoms. The Kier molecular flexibility index (Phi) is 4.32. The summed E-state index contributed by atoms with van der Waals surface area (Å²) in [6.45, 7) is -0.453. The van der Waals surface area contributed by atoms with Crippen molar-refractivity contribution in [2.24, 2.45) is 0 Å². The van der Waals surface area contributed by atoms with Crippen molar-refractivity contribution in [2.75, 3.05) is 19.6 Å². The van der Waals surface area contributed by atoms with Crippen LogP contribution in [0.2, 0.25) is 0 Å². The fourth-order valence-corrected chi connectivity index (χ4v) is 3.80. The number of carbonyl (C=O) groups is 2. The quantitative estimate of drug-likeness (QED) is 0.550. The van der Waals surface area contributed by atoms with E-state index in [1.54, 1.807) is 6.07 Å². The van der Waals surface area contributed by atoms with E-state index in [0.29, 0.717) is 17.5 Å². The summed E-state index contributed by atoms with van der Waals surface area (Å²) in [7, 11) is 0. The molecule has 9 heteroatoms. The van der Waals surface area contributed by atoms with Gasteiger partial charge in [-0.3, -0.25) is 9.59 Å². The van der Waals surface area contributed by atoms with Crippen LogP contribution in [-0.4, -0.2) is 41.2 Å². The first-order valence-electron chi connectivity index (χ1n) is 8.48. The van der Waals surface area contributed by atoms with E-state index >= 15 is 0 Å². The maximum absolute atomic E-state index is 14.1. The lowest BCUT2D eigenvalue weighted by Gasteiger charge is -2.44. The minimum absolute atomic E-state index is 0.00466. The van der Waals surface area contributed by atoms with Crippen molar-refractivity contribution in [3.05, 3.63) is 70.0 Å². The van der Waals surface area contributed by atoms with Crippen LogP contribution >= 0.6 is 0 Å². The van der Waals surface area contributed by atoms with Gasteiger partial charge in [-0.15, -0.1) is 0 Å². The van der Waals surface area contributed by atoms with Crippen LogP contribution in [0.25, 0.3) is 0 Å². The predicted octanol–water partition coefficient (Wildman–Crippen LogP) is 2.96. The molecule has 0 saturated carbocycles. The highest BCUT2D eigenvalue weighted by Gasteiger charge is 2.41. The molecule has 2 heterocycles. The van der Waals surface area contributed by atoms with E-state index < -0.39 is 59.1 Å². The van der Waals surface area contributed by atoms with Gasteiger partial charge in [0.05, 0.1) is 6.04 Å². The minimum atomic E-state index is -1.83. The van der Waals surface area contributed by atoms with Gasteiger partial charge in [-0.1, -0.05) is 12.1 Å². The highest BCUT2D eigenvalue weighted by atomic mass is 19.2. The second-order valence-corrected chi connectivity index (χ2v) is 6.69. The molecule has 1 fully saturated rings. The molecule has 2 aliphatic rings. The Morgan fingerprint density at radius 1 is 1.00 bits per heavy atom. The van der Waals surface area contributed by atoms with Crippen LogP contribution in [0.3, 0.4) is 0 Å². The number of amides is 2. The third kappa shape index (κ3) is 2.73. The number of piperazine rings is 1. The smallest absolute Gasteiger partial charge is 0.260 e. The molecule has 1 unspecified atom stereocenters. The van der Waals surface area contributed by atoms with E-state index in [1.807, 2.05) is 0 Å². The number of halogens is 5. The number of fused-ring (bicyclic) bond motifs is 3. The van der Waals surface area contributed by atoms with Gasteiger partial charge in [0.15, 0.2) is 23.3 Å². The fourth-order valence-electron chi connectivity index (χ4n) is 3.80. The zero-order chi connectivity index (χ0) is 20.2. The van der Waals surface area contributed by atoms with Gasteiger partial charge in [0.25, 0.3) is 5.91 Å². The van der Waals surface area contributed by atoms with Gasteiger partial charge in [-0.25, -0.2) is 22.0 Å². The summed E-state index contributed by atoms with van der Waals surface area (Å²) in [6, 6.07) is 3.64. The molecule has 1 saturated heterocycles. The summed E-state index contributed by atoms with van der Waals surface area (Å²) < 4.78 is 69.0. The lowest BCUT2D eigenvalue weighted by molar-refractivity contribution is -0.139. The number of nitrogens with zero attached hydrogens (tertiary/aromatic N) is 2. The molecule has 2 aliphatic heterocycles. The molecule has 0 aliphatic carbocycles. The first-order valence-corrected chi connectivity index (χ1v) is 8.48. The molecule has 4 rings (SSSR count). The fraction of sp³-hybridized carbons (Fsp3) is 0.263. The van der Waals surface area contributed by atoms with Gasteiger partial charge >= 0.3 is 0 Å². The third-order valence-corrected chi connectivity index (χ3v) is 5.15. The molecule has 2 amide bonds. The topological polar surface area (TPSA) is 40.6 Å². The van der Waals surface area contributed by atoms with Gasteiger partial charge in [0.1, 0.15) is 17.9 Å². The Balaban J connectivity index is 1.72. The van der Waals surface area contributed by atoms with Crippen LogP contribution in [0.1, 0.15) is 27.5 Å². The third-order valence-electron chi connectivity index (χ3n) is 5.15. The minimum Gasteiger partial charge on any atom is -0.332 e. The molecule has 0 bridgehead atoms. The molecule has 2 aromatic carbocycles. The Hall–Kier alpha value is -2.97. The van der Waals surface area contributed by atoms with Crippen molar-refractivity contribution < 1.29 is 31.5 Å². The van der Waals surface area contributed by atoms with Crippen molar-refractivity contribution in [1.82, 2.24) is 9.80 Å². The van der Waals surface area contributed by atoms with Crippen LogP contribution in [-0.2, 0) is 11.2 Å². The van der Waals surface area contributed by atoms with Crippen molar-refractivity contribution in [3.8, 4) is 0 Å². The van der Waals surface area contributed by atoms with Crippen LogP contribution in [0.4, 0.5) is 22.0 Å². The number of hydrogen-bond donors (Lipinski definition) is 0. The zero-order valence-corrected chi connectivity index (χ0v) is 14.3. The standard InChI is InChI=1S/C19H13F5N2O2/c20-11-3-1-2-10-9(11)4-5-26-14(10)7-25(8-15(26)27)19(28)16-17(23)12(21)6-13(22)18(16)24/h1-3,6,14H,4-5,7-8H2. The lowest BCUT2D eigenvalue weighted by atomic mass is 9.90. The van der Waals surface area contributed by atoms with Crippen molar-refractivity contribution in [3.63, 3.8) is 0 Å². The van der Waals surface area contributed by atoms with Gasteiger partial charge in [0.2, 0.25) is 5.91 Å². The number of rotatable bonds is 1. The Morgan fingerprint density at radius 3 is 2.36 bits per heavy atom. The van der Waals surface area contributed by atoms with Gasteiger partial charge < -0.3 is 9.80 Å². The molecule has 28 heavy (non-hydrogen) atoms. The van der Waals surface area contributed by atoms with Crippen molar-refractivity contribution in [1.29, 1.82) is 0 Å². The second kappa shape index (κ2) is 6.57. The average molecular weight is 396 g/mol. The van der Waals surface area contributed by atoms with Crippen LogP contribution < -0.4 is 0 Å². The summed E-state index contributed by atoms with van der Waals surface area (Å²) in [5, 5.41) is 0. The highest BCUT2D eigenvalue weighted by Crippen LogP contribution is 2.35. The number of hydrogen-bond acceptors (Lipinski definition) is 2. The normalized spacial score (nSPS) is 18.8. The SMILES string of the molecule is O=C(c1c(F)c(F)cc(F)c1F)N1CC(=O)N2CCc3c(F)cccc3C2C1. The van der Waals surface area contributed by atoms with Crippen LogP contribution in [0, 0.1) is 29.1 Å². The molecule has 1 atom stereocenters. The highest BCUT2D eigenvalue weighted by molar-refractivity contribution is 5.97. The molecule has 0 N–H and O–H groups in total. The summed E-state index contributed by atoms with van der Waals surface area (Å²) >= 11 is 0. The predicted molar refractivity (Wildman–Crippen MR) is 86.7 cm³/mol. The van der Waals surface area contributed by atoms with E-state index in [2.05, 4.69) is 0 Å². The van der Waals surface area contributed by atoms with E-state index in [-0.39, 0.29) is 19.2 Å². The summed E-state index contributed by atoms with van der Waals surface area (Å²) in [4.78, 5) is 27.4. The summed E-state index contributed by atoms with van der Waals surface area (Å²) in [6.07, 6.45) is 0.302. The van der Waals surface area contributed by atoms with Gasteiger partial charge in [-0.05, 0) is 23.6 Å². The maximum atomic E-state index is 14.1. The Morgan fingerprint density at radius 2 is 1.68 bits per heavy atom. The van der Waals surface area contributed by atoms with Crippen molar-refractivity contribution in [2.45, 2.75) is 12.5 Å². The molecule has 146 valence electrons. The molecular weight excluding hydrogens is 383 g/mol. The zero-order valence-electron chi connectivity index (χ0n) is 14.3. The Bertz CT molecular complexity index is 984. The second-order valence-electron chi connectivity index (χ2n) is 6.69. The first-order chi connectivity index (χ1) is 13.3. The maximum Gasteiger partial charge on any atom is 0.260 e. The van der Waals surface area contributed by atoms with E-state index in [4.69, 9.17) is 0 Å². The van der Waals surface area contributed by atoms with Gasteiger partial charge in [-0.2, -0.15) is 0 Å². The van der Waals surface area contributed by atoms with Gasteiger partial charge in [0, 0.05) is 19.2 Å². The molecule has 4 nitrogen and oxygen atoms in total. The largest absolute Gasteiger partial charge is 0.332 e. The van der Waals surface area contributed by atoms with E-state index in [1.165, 1.54) is 17.0 Å². The number of carbonyl (C=O) groups excluding carboxylic acids is 2. The first kappa shape index (κ1) is 18.4. The van der Waals surface area contributed by atoms with Crippen LogP contribution in [0.15, 0.2) is 24.3 Å². The van der Waals surface area contributed by atoms with Crippen molar-refractivity contribution >= 4 is 11.8 Å². The summed E-state index contributed by atoms with van der Waals surface area (Å²) in [5.41, 5.74) is -0.502. The molecule has 0 aromatic heterocycles.